The van der Waals surface area contributed by atoms with Crippen LogP contribution in [0, 0.1) is 5.82 Å². The van der Waals surface area contributed by atoms with Gasteiger partial charge >= 0.3 is 5.97 Å². The second-order valence-corrected chi connectivity index (χ2v) is 4.81. The number of hydrogen-bond acceptors (Lipinski definition) is 3. The Bertz CT molecular complexity index is 551. The Morgan fingerprint density at radius 2 is 2.22 bits per heavy atom. The summed E-state index contributed by atoms with van der Waals surface area (Å²) in [5.41, 5.74) is 0.490. The molecule has 3 nitrogen and oxygen atoms in total. The van der Waals surface area contributed by atoms with Crippen molar-refractivity contribution in [2.45, 2.75) is 19.4 Å². The Balaban J connectivity index is 2.35. The van der Waals surface area contributed by atoms with E-state index >= 15 is 0 Å². The van der Waals surface area contributed by atoms with Crippen LogP contribution in [0.2, 0.25) is 0 Å². The molecule has 0 saturated carbocycles. The van der Waals surface area contributed by atoms with E-state index in [0.717, 1.165) is 0 Å². The van der Waals surface area contributed by atoms with Crippen molar-refractivity contribution in [2.75, 3.05) is 0 Å². The van der Waals surface area contributed by atoms with Crippen LogP contribution in [0.15, 0.2) is 28.7 Å². The third-order valence-corrected chi connectivity index (χ3v) is 3.21. The average molecular weight is 313 g/mol. The Kier molecular flexibility index (Phi) is 3.61. The minimum absolute atomic E-state index is 0.0703. The first-order valence-corrected chi connectivity index (χ1v) is 6.15. The summed E-state index contributed by atoms with van der Waals surface area (Å²) in [7, 11) is 0. The van der Waals surface area contributed by atoms with E-state index in [1.807, 2.05) is 0 Å². The smallest absolute Gasteiger partial charge is 0.303 e. The maximum Gasteiger partial charge on any atom is 0.303 e. The van der Waals surface area contributed by atoms with Crippen molar-refractivity contribution >= 4 is 33.3 Å². The lowest BCUT2D eigenvalue weighted by Crippen LogP contribution is -2.12. The summed E-state index contributed by atoms with van der Waals surface area (Å²) in [6, 6.07) is 4.73. The topological polar surface area (TPSA) is 43.4 Å². The van der Waals surface area contributed by atoms with Gasteiger partial charge in [-0.25, -0.2) is 4.39 Å². The van der Waals surface area contributed by atoms with Crippen molar-refractivity contribution in [3.8, 4) is 0 Å². The van der Waals surface area contributed by atoms with Gasteiger partial charge < -0.3 is 4.74 Å². The maximum absolute atomic E-state index is 13.9. The van der Waals surface area contributed by atoms with E-state index in [0.29, 0.717) is 4.47 Å². The highest BCUT2D eigenvalue weighted by atomic mass is 79.9. The normalized spacial score (nSPS) is 18.7. The lowest BCUT2D eigenvalue weighted by Gasteiger charge is -2.05. The average Bonchev–Trinajstić information content (AvgIpc) is 2.62. The van der Waals surface area contributed by atoms with Crippen LogP contribution < -0.4 is 0 Å². The van der Waals surface area contributed by atoms with E-state index in [2.05, 4.69) is 15.9 Å². The van der Waals surface area contributed by atoms with E-state index < -0.39 is 17.9 Å². The molecule has 18 heavy (non-hydrogen) atoms. The molecule has 0 unspecified atom stereocenters. The van der Waals surface area contributed by atoms with Gasteiger partial charge in [0.2, 0.25) is 0 Å². The molecular weight excluding hydrogens is 303 g/mol. The van der Waals surface area contributed by atoms with E-state index in [1.165, 1.54) is 19.1 Å². The second kappa shape index (κ2) is 5.02. The molecule has 94 valence electrons. The molecule has 0 heterocycles. The Labute approximate surface area is 112 Å². The number of carbonyl (C=O) groups is 2. The number of benzene rings is 1. The number of allylic oxidation sites excluding steroid dienone is 1. The number of carbonyl (C=O) groups excluding carboxylic acids is 2. The number of esters is 1. The quantitative estimate of drug-likeness (QED) is 0.789. The van der Waals surface area contributed by atoms with E-state index in [4.69, 9.17) is 4.74 Å². The van der Waals surface area contributed by atoms with Crippen LogP contribution >= 0.6 is 15.9 Å². The molecule has 0 aliphatic heterocycles. The highest BCUT2D eigenvalue weighted by Crippen LogP contribution is 2.30. The molecule has 0 aromatic heterocycles. The largest absolute Gasteiger partial charge is 0.458 e. The van der Waals surface area contributed by atoms with Crippen LogP contribution in [0.5, 0.6) is 0 Å². The molecule has 0 saturated heterocycles. The Morgan fingerprint density at radius 1 is 1.50 bits per heavy atom. The second-order valence-electron chi connectivity index (χ2n) is 3.96. The molecule has 1 aliphatic rings. The van der Waals surface area contributed by atoms with Crippen molar-refractivity contribution in [1.82, 2.24) is 0 Å². The fourth-order valence-electron chi connectivity index (χ4n) is 1.87. The van der Waals surface area contributed by atoms with Crippen LogP contribution in [0.4, 0.5) is 4.39 Å². The molecule has 1 atom stereocenters. The molecule has 2 rings (SSSR count). The first-order valence-electron chi connectivity index (χ1n) is 5.35. The lowest BCUT2D eigenvalue weighted by molar-refractivity contribution is -0.144. The molecule has 1 aliphatic carbocycles. The summed E-state index contributed by atoms with van der Waals surface area (Å²) in [6.45, 7) is 1.27. The summed E-state index contributed by atoms with van der Waals surface area (Å²) in [5, 5.41) is 0. The SMILES string of the molecule is CC(=O)O[C@H]1C=C(c2cccc(Br)c2F)C(=O)C1. The zero-order valence-corrected chi connectivity index (χ0v) is 11.2. The summed E-state index contributed by atoms with van der Waals surface area (Å²) < 4.78 is 19.1. The Morgan fingerprint density at radius 3 is 2.89 bits per heavy atom. The third kappa shape index (κ3) is 2.51. The molecule has 0 amide bonds. The van der Waals surface area contributed by atoms with Gasteiger partial charge in [0.05, 0.1) is 10.9 Å². The maximum atomic E-state index is 13.9. The minimum atomic E-state index is -0.594. The number of ketones is 1. The molecule has 5 heteroatoms. The molecule has 0 spiro atoms. The van der Waals surface area contributed by atoms with Gasteiger partial charge in [-0.05, 0) is 28.1 Å². The van der Waals surface area contributed by atoms with Crippen LogP contribution in [-0.2, 0) is 14.3 Å². The summed E-state index contributed by atoms with van der Waals surface area (Å²) in [4.78, 5) is 22.6. The zero-order chi connectivity index (χ0) is 13.3. The van der Waals surface area contributed by atoms with Crippen LogP contribution in [0.1, 0.15) is 18.9 Å². The number of ether oxygens (including phenoxy) is 1. The van der Waals surface area contributed by atoms with Gasteiger partial charge in [0.15, 0.2) is 5.78 Å². The third-order valence-electron chi connectivity index (χ3n) is 2.60. The van der Waals surface area contributed by atoms with Crippen LogP contribution in [0.25, 0.3) is 5.57 Å². The van der Waals surface area contributed by atoms with Crippen molar-refractivity contribution in [3.05, 3.63) is 40.1 Å². The monoisotopic (exact) mass is 312 g/mol. The number of Topliss-reactive ketones (excluding diaryl/α,β-unsaturated/α-hetero) is 1. The van der Waals surface area contributed by atoms with E-state index in [1.54, 1.807) is 12.1 Å². The molecule has 0 radical (unpaired) electrons. The lowest BCUT2D eigenvalue weighted by atomic mass is 10.0. The van der Waals surface area contributed by atoms with Gasteiger partial charge in [0.25, 0.3) is 0 Å². The standard InChI is InChI=1S/C13H10BrFO3/c1-7(16)18-8-5-10(12(17)6-8)9-3-2-4-11(14)13(9)15/h2-5,8H,6H2,1H3/t8-/m0/s1. The van der Waals surface area contributed by atoms with Gasteiger partial charge in [-0.2, -0.15) is 0 Å². The fourth-order valence-corrected chi connectivity index (χ4v) is 2.24. The predicted molar refractivity (Wildman–Crippen MR) is 67.3 cm³/mol. The molecule has 0 fully saturated rings. The molecule has 1 aromatic rings. The van der Waals surface area contributed by atoms with Crippen molar-refractivity contribution in [3.63, 3.8) is 0 Å². The van der Waals surface area contributed by atoms with Crippen LogP contribution in [-0.4, -0.2) is 17.9 Å². The predicted octanol–water partition coefficient (Wildman–Crippen LogP) is 2.88. The highest BCUT2D eigenvalue weighted by Gasteiger charge is 2.28. The molecule has 0 bridgehead atoms. The number of hydrogen-bond donors (Lipinski definition) is 0. The van der Waals surface area contributed by atoms with Crippen molar-refractivity contribution < 1.29 is 18.7 Å². The van der Waals surface area contributed by atoms with Crippen molar-refractivity contribution in [2.24, 2.45) is 0 Å². The number of halogens is 2. The summed E-state index contributed by atoms with van der Waals surface area (Å²) in [6.07, 6.45) is 0.971. The van der Waals surface area contributed by atoms with Gasteiger partial charge in [-0.15, -0.1) is 0 Å². The first-order chi connectivity index (χ1) is 8.49. The van der Waals surface area contributed by atoms with Crippen LogP contribution in [0.3, 0.4) is 0 Å². The molecule has 0 N–H and O–H groups in total. The fraction of sp³-hybridized carbons (Fsp3) is 0.231. The molecular formula is C13H10BrFO3. The van der Waals surface area contributed by atoms with E-state index in [-0.39, 0.29) is 23.3 Å². The van der Waals surface area contributed by atoms with Gasteiger partial charge in [-0.3, -0.25) is 9.59 Å². The van der Waals surface area contributed by atoms with Gasteiger partial charge in [0.1, 0.15) is 11.9 Å². The zero-order valence-electron chi connectivity index (χ0n) is 9.57. The Hall–Kier alpha value is -1.49. The summed E-state index contributed by atoms with van der Waals surface area (Å²) in [5.74, 6) is -1.17. The first kappa shape index (κ1) is 13.0. The van der Waals surface area contributed by atoms with E-state index in [9.17, 15) is 14.0 Å². The van der Waals surface area contributed by atoms with Gasteiger partial charge in [-0.1, -0.05) is 12.1 Å². The van der Waals surface area contributed by atoms with Crippen molar-refractivity contribution in [1.29, 1.82) is 0 Å². The highest BCUT2D eigenvalue weighted by molar-refractivity contribution is 9.10. The van der Waals surface area contributed by atoms with Gasteiger partial charge in [0, 0.05) is 18.1 Å². The number of rotatable bonds is 2. The summed E-state index contributed by atoms with van der Waals surface area (Å²) >= 11 is 3.07. The molecule has 1 aromatic carbocycles. The minimum Gasteiger partial charge on any atom is -0.458 e.